The second-order valence-corrected chi connectivity index (χ2v) is 5.21. The molecular formula is C18H23N3O2. The van der Waals surface area contributed by atoms with Crippen LogP contribution >= 0.6 is 0 Å². The number of nitrogens with one attached hydrogen (secondary N) is 2. The van der Waals surface area contributed by atoms with Crippen molar-refractivity contribution in [2.24, 2.45) is 0 Å². The van der Waals surface area contributed by atoms with Gasteiger partial charge in [-0.05, 0) is 42.5 Å². The van der Waals surface area contributed by atoms with Gasteiger partial charge in [0.15, 0.2) is 0 Å². The highest BCUT2D eigenvalue weighted by Gasteiger charge is 2.03. The van der Waals surface area contributed by atoms with Gasteiger partial charge in [-0.2, -0.15) is 0 Å². The lowest BCUT2D eigenvalue weighted by molar-refractivity contribution is 0.241. The van der Waals surface area contributed by atoms with E-state index in [4.69, 9.17) is 4.74 Å². The zero-order valence-electron chi connectivity index (χ0n) is 13.4. The molecule has 0 aliphatic rings. The molecule has 0 saturated heterocycles. The van der Waals surface area contributed by atoms with Crippen molar-refractivity contribution < 1.29 is 9.53 Å². The number of carbonyl (C=O) groups is 1. The first-order valence-electron chi connectivity index (χ1n) is 7.82. The molecule has 122 valence electrons. The lowest BCUT2D eigenvalue weighted by atomic mass is 10.1. The van der Waals surface area contributed by atoms with E-state index in [0.29, 0.717) is 13.1 Å². The lowest BCUT2D eigenvalue weighted by Crippen LogP contribution is -2.37. The van der Waals surface area contributed by atoms with E-state index >= 15 is 0 Å². The van der Waals surface area contributed by atoms with Crippen LogP contribution in [0.5, 0.6) is 5.75 Å². The molecule has 0 unspecified atom stereocenters. The molecule has 2 aromatic rings. The Labute approximate surface area is 137 Å². The number of hydrogen-bond acceptors (Lipinski definition) is 3. The van der Waals surface area contributed by atoms with Gasteiger partial charge in [0.2, 0.25) is 0 Å². The topological polar surface area (TPSA) is 63.2 Å². The van der Waals surface area contributed by atoms with E-state index in [1.165, 1.54) is 5.56 Å². The molecule has 23 heavy (non-hydrogen) atoms. The summed E-state index contributed by atoms with van der Waals surface area (Å²) in [4.78, 5) is 15.8. The predicted octanol–water partition coefficient (Wildman–Crippen LogP) is 2.56. The number of hydrogen-bond donors (Lipinski definition) is 2. The molecule has 0 aliphatic heterocycles. The van der Waals surface area contributed by atoms with Crippen LogP contribution in [0.1, 0.15) is 17.5 Å². The van der Waals surface area contributed by atoms with E-state index in [0.717, 1.165) is 30.6 Å². The number of pyridine rings is 1. The molecule has 1 aromatic heterocycles. The van der Waals surface area contributed by atoms with Gasteiger partial charge in [0.1, 0.15) is 5.75 Å². The number of carbonyl (C=O) groups excluding carboxylic acids is 1. The Bertz CT molecular complexity index is 602. The summed E-state index contributed by atoms with van der Waals surface area (Å²) in [6.45, 7) is 1.23. The van der Waals surface area contributed by atoms with Crippen LogP contribution in [0, 0.1) is 0 Å². The fourth-order valence-corrected chi connectivity index (χ4v) is 2.32. The van der Waals surface area contributed by atoms with Gasteiger partial charge in [0.25, 0.3) is 0 Å². The summed E-state index contributed by atoms with van der Waals surface area (Å²) in [7, 11) is 1.65. The number of amides is 2. The third-order valence-electron chi connectivity index (χ3n) is 3.52. The third-order valence-corrected chi connectivity index (χ3v) is 3.52. The first-order chi connectivity index (χ1) is 11.3. The van der Waals surface area contributed by atoms with E-state index in [1.807, 2.05) is 42.6 Å². The number of para-hydroxylation sites is 1. The van der Waals surface area contributed by atoms with Crippen LogP contribution in [0.15, 0.2) is 48.8 Å². The van der Waals surface area contributed by atoms with E-state index in [2.05, 4.69) is 15.6 Å². The Balaban J connectivity index is 1.60. The second-order valence-electron chi connectivity index (χ2n) is 5.21. The van der Waals surface area contributed by atoms with Crippen LogP contribution in [0.25, 0.3) is 0 Å². The van der Waals surface area contributed by atoms with E-state index in [1.54, 1.807) is 13.3 Å². The largest absolute Gasteiger partial charge is 0.496 e. The van der Waals surface area contributed by atoms with Crippen LogP contribution in [0.2, 0.25) is 0 Å². The number of aryl methyl sites for hydroxylation is 1. The van der Waals surface area contributed by atoms with Gasteiger partial charge in [-0.15, -0.1) is 0 Å². The molecule has 0 spiro atoms. The highest BCUT2D eigenvalue weighted by atomic mass is 16.5. The molecule has 0 radical (unpaired) electrons. The molecule has 2 N–H and O–H groups in total. The van der Waals surface area contributed by atoms with Crippen molar-refractivity contribution in [1.82, 2.24) is 15.6 Å². The van der Waals surface area contributed by atoms with Crippen LogP contribution in [-0.4, -0.2) is 31.2 Å². The number of benzene rings is 1. The Morgan fingerprint density at radius 2 is 1.91 bits per heavy atom. The first-order valence-corrected chi connectivity index (χ1v) is 7.82. The summed E-state index contributed by atoms with van der Waals surface area (Å²) >= 11 is 0. The number of nitrogens with zero attached hydrogens (tertiary/aromatic N) is 1. The lowest BCUT2D eigenvalue weighted by Gasteiger charge is -2.10. The number of urea groups is 1. The number of aromatic nitrogens is 1. The molecule has 5 heteroatoms. The molecular weight excluding hydrogens is 290 g/mol. The van der Waals surface area contributed by atoms with E-state index in [-0.39, 0.29) is 6.03 Å². The fourth-order valence-electron chi connectivity index (χ4n) is 2.32. The van der Waals surface area contributed by atoms with Gasteiger partial charge in [-0.25, -0.2) is 4.79 Å². The summed E-state index contributed by atoms with van der Waals surface area (Å²) in [6.07, 6.45) is 6.16. The minimum atomic E-state index is -0.133. The van der Waals surface area contributed by atoms with Gasteiger partial charge in [-0.1, -0.05) is 24.3 Å². The van der Waals surface area contributed by atoms with E-state index < -0.39 is 0 Å². The molecule has 0 fully saturated rings. The summed E-state index contributed by atoms with van der Waals surface area (Å²) in [6, 6.07) is 11.7. The number of methoxy groups -OCH3 is 1. The predicted molar refractivity (Wildman–Crippen MR) is 90.7 cm³/mol. The molecule has 0 aliphatic carbocycles. The minimum absolute atomic E-state index is 0.133. The maximum atomic E-state index is 11.7. The SMILES string of the molecule is COc1ccccc1CCNC(=O)NCCCc1cccnc1. The van der Waals surface area contributed by atoms with Crippen molar-refractivity contribution in [2.75, 3.05) is 20.2 Å². The second kappa shape index (κ2) is 9.46. The molecule has 0 saturated carbocycles. The maximum Gasteiger partial charge on any atom is 0.314 e. The van der Waals surface area contributed by atoms with Gasteiger partial charge in [0.05, 0.1) is 7.11 Å². The van der Waals surface area contributed by atoms with Crippen molar-refractivity contribution in [1.29, 1.82) is 0 Å². The molecule has 5 nitrogen and oxygen atoms in total. The zero-order valence-corrected chi connectivity index (χ0v) is 13.4. The Kier molecular flexibility index (Phi) is 6.91. The number of rotatable bonds is 8. The summed E-state index contributed by atoms with van der Waals surface area (Å²) in [5.41, 5.74) is 2.28. The van der Waals surface area contributed by atoms with Gasteiger partial charge < -0.3 is 15.4 Å². The summed E-state index contributed by atoms with van der Waals surface area (Å²) in [5.74, 6) is 0.853. The Hall–Kier alpha value is -2.56. The van der Waals surface area contributed by atoms with Crippen molar-refractivity contribution in [3.05, 3.63) is 59.9 Å². The highest BCUT2D eigenvalue weighted by molar-refractivity contribution is 5.73. The Morgan fingerprint density at radius 3 is 2.70 bits per heavy atom. The molecule has 0 bridgehead atoms. The van der Waals surface area contributed by atoms with E-state index in [9.17, 15) is 4.79 Å². The normalized spacial score (nSPS) is 10.1. The first kappa shape index (κ1) is 16.8. The van der Waals surface area contributed by atoms with Crippen LogP contribution < -0.4 is 15.4 Å². The monoisotopic (exact) mass is 313 g/mol. The van der Waals surface area contributed by atoms with Gasteiger partial charge in [0, 0.05) is 25.5 Å². The van der Waals surface area contributed by atoms with Crippen LogP contribution in [0.4, 0.5) is 4.79 Å². The maximum absolute atomic E-state index is 11.7. The number of ether oxygens (including phenoxy) is 1. The molecule has 1 aromatic carbocycles. The molecule has 1 heterocycles. The minimum Gasteiger partial charge on any atom is -0.496 e. The quantitative estimate of drug-likeness (QED) is 0.736. The van der Waals surface area contributed by atoms with Crippen molar-refractivity contribution in [3.8, 4) is 5.75 Å². The average Bonchev–Trinajstić information content (AvgIpc) is 2.60. The fraction of sp³-hybridized carbons (Fsp3) is 0.333. The van der Waals surface area contributed by atoms with Crippen LogP contribution in [-0.2, 0) is 12.8 Å². The standard InChI is InChI=1S/C18H23N3O2/c1-23-17-9-3-2-8-16(17)10-13-21-18(22)20-12-5-7-15-6-4-11-19-14-15/h2-4,6,8-9,11,14H,5,7,10,12-13H2,1H3,(H2,20,21,22). The summed E-state index contributed by atoms with van der Waals surface area (Å²) in [5, 5.41) is 5.73. The van der Waals surface area contributed by atoms with Crippen molar-refractivity contribution >= 4 is 6.03 Å². The zero-order chi connectivity index (χ0) is 16.3. The van der Waals surface area contributed by atoms with Crippen LogP contribution in [0.3, 0.4) is 0 Å². The third kappa shape index (κ3) is 5.98. The molecule has 2 amide bonds. The molecule has 2 rings (SSSR count). The average molecular weight is 313 g/mol. The van der Waals surface area contributed by atoms with Gasteiger partial charge in [-0.3, -0.25) is 4.98 Å². The van der Waals surface area contributed by atoms with Gasteiger partial charge >= 0.3 is 6.03 Å². The smallest absolute Gasteiger partial charge is 0.314 e. The Morgan fingerprint density at radius 1 is 1.09 bits per heavy atom. The summed E-state index contributed by atoms with van der Waals surface area (Å²) < 4.78 is 5.29. The van der Waals surface area contributed by atoms with Crippen molar-refractivity contribution in [2.45, 2.75) is 19.3 Å². The highest BCUT2D eigenvalue weighted by Crippen LogP contribution is 2.17. The molecule has 0 atom stereocenters. The van der Waals surface area contributed by atoms with Crippen molar-refractivity contribution in [3.63, 3.8) is 0 Å².